The molecule has 3 atom stereocenters. The molecule has 8 heteroatoms. The zero-order valence-electron chi connectivity index (χ0n) is 27.0. The number of nitrogens with zero attached hydrogens (tertiary/aromatic N) is 1. The summed E-state index contributed by atoms with van der Waals surface area (Å²) >= 11 is 0. The second kappa shape index (κ2) is 15.8. The van der Waals surface area contributed by atoms with Gasteiger partial charge in [-0.3, -0.25) is 9.59 Å². The van der Waals surface area contributed by atoms with Crippen molar-refractivity contribution in [3.8, 4) is 0 Å². The van der Waals surface area contributed by atoms with E-state index in [1.807, 2.05) is 19.9 Å². The van der Waals surface area contributed by atoms with Crippen LogP contribution in [0, 0.1) is 23.0 Å². The molecular formula is C37H49F2N3O3. The van der Waals surface area contributed by atoms with Crippen LogP contribution >= 0.6 is 0 Å². The first-order chi connectivity index (χ1) is 21.6. The van der Waals surface area contributed by atoms with Gasteiger partial charge in [-0.15, -0.1) is 0 Å². The average Bonchev–Trinajstić information content (AvgIpc) is 3.54. The molecule has 0 saturated heterocycles. The Kier molecular flexibility index (Phi) is 12.1. The molecule has 45 heavy (non-hydrogen) atoms. The van der Waals surface area contributed by atoms with Crippen molar-refractivity contribution in [1.29, 1.82) is 0 Å². The first kappa shape index (κ1) is 34.5. The third-order valence-corrected chi connectivity index (χ3v) is 9.34. The summed E-state index contributed by atoms with van der Waals surface area (Å²) < 4.78 is 28.6. The molecule has 1 saturated carbocycles. The summed E-state index contributed by atoms with van der Waals surface area (Å²) in [6.07, 6.45) is 8.85. The minimum atomic E-state index is -1.46. The number of carbonyl (C=O) groups is 2. The number of nitrogens with two attached hydrogens (primary N) is 1. The van der Waals surface area contributed by atoms with Crippen LogP contribution in [0.25, 0.3) is 0 Å². The lowest BCUT2D eigenvalue weighted by Gasteiger charge is -2.42. The second-order valence-corrected chi connectivity index (χ2v) is 12.9. The summed E-state index contributed by atoms with van der Waals surface area (Å²) in [6, 6.07) is 11.7. The van der Waals surface area contributed by atoms with Gasteiger partial charge in [0, 0.05) is 43.7 Å². The highest BCUT2D eigenvalue weighted by molar-refractivity contribution is 5.97. The van der Waals surface area contributed by atoms with Gasteiger partial charge in [0.15, 0.2) is 0 Å². The predicted octanol–water partition coefficient (Wildman–Crippen LogP) is 6.33. The van der Waals surface area contributed by atoms with Crippen molar-refractivity contribution in [1.82, 2.24) is 10.2 Å². The third-order valence-electron chi connectivity index (χ3n) is 9.34. The number of halogens is 2. The molecule has 2 aromatic carbocycles. The van der Waals surface area contributed by atoms with Gasteiger partial charge in [-0.25, -0.2) is 8.78 Å². The molecule has 244 valence electrons. The minimum absolute atomic E-state index is 0.00854. The fourth-order valence-electron chi connectivity index (χ4n) is 7.28. The summed E-state index contributed by atoms with van der Waals surface area (Å²) in [5, 5.41) is 15.1. The number of benzene rings is 2. The van der Waals surface area contributed by atoms with Gasteiger partial charge in [-0.05, 0) is 80.2 Å². The number of aliphatic hydroxyl groups excluding tert-OH is 1. The van der Waals surface area contributed by atoms with E-state index >= 15 is 0 Å². The van der Waals surface area contributed by atoms with Gasteiger partial charge in [-0.2, -0.15) is 0 Å². The van der Waals surface area contributed by atoms with Crippen LogP contribution in [0.1, 0.15) is 88.3 Å². The van der Waals surface area contributed by atoms with Gasteiger partial charge in [-0.1, -0.05) is 68.7 Å². The zero-order valence-corrected chi connectivity index (χ0v) is 27.0. The molecule has 0 radical (unpaired) electrons. The molecule has 0 heterocycles. The standard InChI is InChI=1S/C37H49F2N3O3/c1-4-13-42(14-5-2)35(44)30-15-25(3)21-37(22-30,36(40)45)33(19-27-17-31(38)20-32(39)18-27)34(43)24-41-23-26-9-8-12-29(16-26)28-10-6-7-11-28/h8-9,12,15-18,20-21,28,33-34,41,43H,4-7,10-11,13-14,19,22-24H2,1-3H3,(H2,40,45)/t33-,34+,37?/m1/s1. The molecule has 1 unspecified atom stereocenters. The molecule has 2 aromatic rings. The molecule has 0 aliphatic heterocycles. The number of amides is 2. The lowest BCUT2D eigenvalue weighted by Crippen LogP contribution is -2.51. The Morgan fingerprint density at radius 3 is 2.33 bits per heavy atom. The topological polar surface area (TPSA) is 95.7 Å². The molecule has 0 aromatic heterocycles. The Balaban J connectivity index is 1.62. The van der Waals surface area contributed by atoms with Gasteiger partial charge >= 0.3 is 0 Å². The van der Waals surface area contributed by atoms with Crippen molar-refractivity contribution in [2.24, 2.45) is 17.1 Å². The molecule has 4 rings (SSSR count). The van der Waals surface area contributed by atoms with Gasteiger partial charge in [0.1, 0.15) is 11.6 Å². The van der Waals surface area contributed by atoms with Gasteiger partial charge in [0.2, 0.25) is 11.8 Å². The monoisotopic (exact) mass is 621 g/mol. The Labute approximate surface area is 266 Å². The van der Waals surface area contributed by atoms with Crippen molar-refractivity contribution < 1.29 is 23.5 Å². The fraction of sp³-hybridized carbons (Fsp3) is 0.514. The normalized spacial score (nSPS) is 20.0. The Bertz CT molecular complexity index is 1370. The number of hydrogen-bond donors (Lipinski definition) is 3. The van der Waals surface area contributed by atoms with Gasteiger partial charge in [0.05, 0.1) is 11.5 Å². The van der Waals surface area contributed by atoms with E-state index in [9.17, 15) is 23.5 Å². The van der Waals surface area contributed by atoms with Crippen LogP contribution < -0.4 is 11.1 Å². The summed E-state index contributed by atoms with van der Waals surface area (Å²) in [6.45, 7) is 7.59. The maximum Gasteiger partial charge on any atom is 0.249 e. The average molecular weight is 622 g/mol. The van der Waals surface area contributed by atoms with E-state index in [4.69, 9.17) is 5.73 Å². The number of aliphatic hydroxyl groups is 1. The fourth-order valence-corrected chi connectivity index (χ4v) is 7.28. The van der Waals surface area contributed by atoms with Crippen LogP contribution in [0.2, 0.25) is 0 Å². The number of primary amides is 1. The van der Waals surface area contributed by atoms with Crippen LogP contribution in [0.3, 0.4) is 0 Å². The lowest BCUT2D eigenvalue weighted by molar-refractivity contribution is -0.132. The summed E-state index contributed by atoms with van der Waals surface area (Å²) in [4.78, 5) is 29.0. The first-order valence-corrected chi connectivity index (χ1v) is 16.5. The Hall–Kier alpha value is -3.36. The summed E-state index contributed by atoms with van der Waals surface area (Å²) in [7, 11) is 0. The molecule has 4 N–H and O–H groups in total. The van der Waals surface area contributed by atoms with Crippen molar-refractivity contribution in [2.45, 2.75) is 90.7 Å². The van der Waals surface area contributed by atoms with Crippen molar-refractivity contribution in [2.75, 3.05) is 19.6 Å². The minimum Gasteiger partial charge on any atom is -0.391 e. The maximum absolute atomic E-state index is 14.3. The van der Waals surface area contributed by atoms with Crippen LogP contribution in [0.4, 0.5) is 8.78 Å². The first-order valence-electron chi connectivity index (χ1n) is 16.5. The highest BCUT2D eigenvalue weighted by Gasteiger charge is 2.48. The van der Waals surface area contributed by atoms with Crippen LogP contribution in [-0.2, 0) is 22.6 Å². The number of nitrogens with one attached hydrogen (secondary N) is 1. The van der Waals surface area contributed by atoms with Crippen LogP contribution in [0.15, 0.2) is 65.8 Å². The largest absolute Gasteiger partial charge is 0.391 e. The highest BCUT2D eigenvalue weighted by atomic mass is 19.1. The highest BCUT2D eigenvalue weighted by Crippen LogP contribution is 2.44. The van der Waals surface area contributed by atoms with Gasteiger partial charge in [0.25, 0.3) is 0 Å². The SMILES string of the molecule is CCCN(CCC)C(=O)C1=CC(C)=CC(C(N)=O)([C@H](Cc2cc(F)cc(F)c2)[C@@H](O)CNCc2cccc(C3CCCC3)c2)C1. The third kappa shape index (κ3) is 8.67. The molecule has 1 fully saturated rings. The van der Waals surface area contributed by atoms with E-state index < -0.39 is 35.0 Å². The number of allylic oxidation sites excluding steroid dienone is 2. The number of carbonyl (C=O) groups excluding carboxylic acids is 2. The van der Waals surface area contributed by atoms with E-state index in [1.54, 1.807) is 24.0 Å². The lowest BCUT2D eigenvalue weighted by atomic mass is 9.63. The predicted molar refractivity (Wildman–Crippen MR) is 174 cm³/mol. The molecular weight excluding hydrogens is 572 g/mol. The summed E-state index contributed by atoms with van der Waals surface area (Å²) in [5.74, 6) is -2.63. The number of hydrogen-bond acceptors (Lipinski definition) is 4. The van der Waals surface area contributed by atoms with Crippen LogP contribution in [0.5, 0.6) is 0 Å². The van der Waals surface area contributed by atoms with Crippen molar-refractivity contribution in [3.05, 3.63) is 94.1 Å². The van der Waals surface area contributed by atoms with Crippen molar-refractivity contribution >= 4 is 11.8 Å². The van der Waals surface area contributed by atoms with Crippen LogP contribution in [-0.4, -0.2) is 47.6 Å². The quantitative estimate of drug-likeness (QED) is 0.217. The molecule has 0 bridgehead atoms. The molecule has 6 nitrogen and oxygen atoms in total. The molecule has 0 spiro atoms. The van der Waals surface area contributed by atoms with E-state index in [0.29, 0.717) is 42.3 Å². The zero-order chi connectivity index (χ0) is 32.6. The number of rotatable bonds is 15. The molecule has 2 aliphatic carbocycles. The second-order valence-electron chi connectivity index (χ2n) is 12.9. The Morgan fingerprint density at radius 1 is 1.04 bits per heavy atom. The molecule has 2 aliphatic rings. The van der Waals surface area contributed by atoms with Crippen molar-refractivity contribution in [3.63, 3.8) is 0 Å². The summed E-state index contributed by atoms with van der Waals surface area (Å²) in [5.41, 5.74) is 8.54. The van der Waals surface area contributed by atoms with E-state index in [0.717, 1.165) is 24.5 Å². The Morgan fingerprint density at radius 2 is 1.71 bits per heavy atom. The van der Waals surface area contributed by atoms with E-state index in [-0.39, 0.29) is 25.3 Å². The smallest absolute Gasteiger partial charge is 0.249 e. The van der Waals surface area contributed by atoms with E-state index in [1.165, 1.54) is 43.4 Å². The van der Waals surface area contributed by atoms with E-state index in [2.05, 4.69) is 23.5 Å². The maximum atomic E-state index is 14.3. The molecule has 2 amide bonds. The van der Waals surface area contributed by atoms with Gasteiger partial charge < -0.3 is 21.1 Å².